The quantitative estimate of drug-likeness (QED) is 0.534. The van der Waals surface area contributed by atoms with E-state index in [1.807, 2.05) is 0 Å². The highest BCUT2D eigenvalue weighted by Crippen LogP contribution is 2.38. The highest BCUT2D eigenvalue weighted by Gasteiger charge is 2.37. The van der Waals surface area contributed by atoms with Crippen molar-refractivity contribution < 1.29 is 41.7 Å². The second-order valence-electron chi connectivity index (χ2n) is 7.56. The van der Waals surface area contributed by atoms with Gasteiger partial charge in [-0.25, -0.2) is 0 Å². The number of esters is 1. The van der Waals surface area contributed by atoms with Gasteiger partial charge in [0.1, 0.15) is 19.1 Å². The molecule has 0 bridgehead atoms. The molecule has 1 aliphatic rings. The van der Waals surface area contributed by atoms with Crippen LogP contribution in [0.4, 0.5) is 13.2 Å². The van der Waals surface area contributed by atoms with Crippen LogP contribution in [-0.2, 0) is 37.2 Å². The molecule has 0 saturated heterocycles. The minimum Gasteiger partial charge on any atom is -0.493 e. The Morgan fingerprint density at radius 2 is 1.69 bits per heavy atom. The predicted octanol–water partition coefficient (Wildman–Crippen LogP) is 5.26. The van der Waals surface area contributed by atoms with E-state index in [2.05, 4.69) is 0 Å². The zero-order chi connectivity index (χ0) is 23.5. The van der Waals surface area contributed by atoms with Gasteiger partial charge in [-0.05, 0) is 43.7 Å². The molecule has 3 rings (SSSR count). The fourth-order valence-corrected chi connectivity index (χ4v) is 3.23. The lowest BCUT2D eigenvalue weighted by Gasteiger charge is -2.24. The molecule has 1 heterocycles. The zero-order valence-corrected chi connectivity index (χ0v) is 18.0. The third-order valence-electron chi connectivity index (χ3n) is 5.14. The third kappa shape index (κ3) is 4.76. The predicted molar refractivity (Wildman–Crippen MR) is 108 cm³/mol. The lowest BCUT2D eigenvalue weighted by Crippen LogP contribution is -2.30. The Balaban J connectivity index is 1.86. The largest absolute Gasteiger partial charge is 0.493 e. The fraction of sp³-hybridized carbons (Fsp3) is 0.348. The first kappa shape index (κ1) is 23.3. The summed E-state index contributed by atoms with van der Waals surface area (Å²) in [6.45, 7) is 2.65. The molecule has 9 heteroatoms. The van der Waals surface area contributed by atoms with Gasteiger partial charge in [0.15, 0.2) is 11.5 Å². The fourth-order valence-electron chi connectivity index (χ4n) is 3.23. The summed E-state index contributed by atoms with van der Waals surface area (Å²) in [6, 6.07) is 8.59. The first-order valence-electron chi connectivity index (χ1n) is 9.63. The Bertz CT molecular complexity index is 1010. The third-order valence-corrected chi connectivity index (χ3v) is 5.14. The van der Waals surface area contributed by atoms with E-state index in [0.29, 0.717) is 11.3 Å². The minimum atomic E-state index is -4.64. The highest BCUT2D eigenvalue weighted by molar-refractivity contribution is 5.82. The molecule has 0 unspecified atom stereocenters. The summed E-state index contributed by atoms with van der Waals surface area (Å²) in [6.07, 6.45) is -2.45. The molecule has 0 radical (unpaired) electrons. The average molecular weight is 452 g/mol. The molecule has 172 valence electrons. The van der Waals surface area contributed by atoms with Gasteiger partial charge in [-0.15, -0.1) is 0 Å². The molecule has 1 aliphatic heterocycles. The number of rotatable bonds is 7. The van der Waals surface area contributed by atoms with Gasteiger partial charge in [0.25, 0.3) is 6.29 Å². The molecule has 32 heavy (non-hydrogen) atoms. The molecular formula is C23H23F3O6. The normalized spacial score (nSPS) is 14.0. The van der Waals surface area contributed by atoms with Crippen molar-refractivity contribution in [1.29, 1.82) is 0 Å². The number of methoxy groups -OCH3 is 2. The van der Waals surface area contributed by atoms with Crippen molar-refractivity contribution >= 4 is 5.97 Å². The monoisotopic (exact) mass is 452 g/mol. The van der Waals surface area contributed by atoms with Crippen LogP contribution in [0.2, 0.25) is 0 Å². The molecular weight excluding hydrogens is 429 g/mol. The van der Waals surface area contributed by atoms with Gasteiger partial charge in [0.2, 0.25) is 0 Å². The van der Waals surface area contributed by atoms with E-state index in [1.165, 1.54) is 52.7 Å². The van der Waals surface area contributed by atoms with E-state index < -0.39 is 29.4 Å². The average Bonchev–Trinajstić information content (AvgIpc) is 3.31. The number of ether oxygens (including phenoxy) is 5. The van der Waals surface area contributed by atoms with Crippen molar-refractivity contribution in [3.05, 3.63) is 71.2 Å². The Morgan fingerprint density at radius 1 is 1.00 bits per heavy atom. The summed E-state index contributed by atoms with van der Waals surface area (Å²) >= 11 is 0. The number of benzene rings is 2. The maximum Gasteiger partial charge on any atom is 0.416 e. The molecule has 0 amide bonds. The van der Waals surface area contributed by atoms with Crippen LogP contribution in [0.25, 0.3) is 0 Å². The standard InChI is InChI=1S/C23H23F3O6/c1-22(2,21(27)29-4)16-7-5-15(17(12-16)23(24,25)26)13-32-18-8-6-14(11-19(18)28-3)20-30-9-10-31-20/h5-12,20H,13H2,1-4H3. The SMILES string of the molecule is COC(=O)C(C)(C)c1ccc(COc2ccc(C3OC=CO3)cc2OC)c(C(F)(F)F)c1. The maximum absolute atomic E-state index is 13.8. The summed E-state index contributed by atoms with van der Waals surface area (Å²) in [5, 5.41) is 0. The topological polar surface area (TPSA) is 63.2 Å². The summed E-state index contributed by atoms with van der Waals surface area (Å²) in [5.74, 6) is -0.0576. The lowest BCUT2D eigenvalue weighted by atomic mass is 9.83. The van der Waals surface area contributed by atoms with Gasteiger partial charge in [0.05, 0.1) is 25.2 Å². The summed E-state index contributed by atoms with van der Waals surface area (Å²) in [4.78, 5) is 12.0. The molecule has 0 saturated carbocycles. The van der Waals surface area contributed by atoms with Gasteiger partial charge < -0.3 is 23.7 Å². The Morgan fingerprint density at radius 3 is 2.28 bits per heavy atom. The Labute approximate surface area is 183 Å². The number of alkyl halides is 3. The zero-order valence-electron chi connectivity index (χ0n) is 18.0. The molecule has 0 atom stereocenters. The van der Waals surface area contributed by atoms with Crippen molar-refractivity contribution in [2.24, 2.45) is 0 Å². The van der Waals surface area contributed by atoms with Gasteiger partial charge in [-0.3, -0.25) is 4.79 Å². The van der Waals surface area contributed by atoms with Crippen LogP contribution < -0.4 is 9.47 Å². The summed E-state index contributed by atoms with van der Waals surface area (Å²) in [5.41, 5.74) is -1.37. The van der Waals surface area contributed by atoms with Crippen LogP contribution in [0, 0.1) is 0 Å². The smallest absolute Gasteiger partial charge is 0.416 e. The Hall–Kier alpha value is -3.36. The summed E-state index contributed by atoms with van der Waals surface area (Å²) < 4.78 is 67.5. The Kier molecular flexibility index (Phi) is 6.57. The van der Waals surface area contributed by atoms with E-state index in [9.17, 15) is 18.0 Å². The molecule has 0 aliphatic carbocycles. The van der Waals surface area contributed by atoms with Crippen LogP contribution >= 0.6 is 0 Å². The molecule has 0 N–H and O–H groups in total. The second-order valence-corrected chi connectivity index (χ2v) is 7.56. The first-order valence-corrected chi connectivity index (χ1v) is 9.63. The van der Waals surface area contributed by atoms with E-state index in [4.69, 9.17) is 23.7 Å². The number of carbonyl (C=O) groups is 1. The number of hydrogen-bond donors (Lipinski definition) is 0. The summed E-state index contributed by atoms with van der Waals surface area (Å²) in [7, 11) is 2.61. The molecule has 0 fully saturated rings. The molecule has 2 aromatic rings. The van der Waals surface area contributed by atoms with Gasteiger partial charge in [0, 0.05) is 11.1 Å². The lowest BCUT2D eigenvalue weighted by molar-refractivity contribution is -0.146. The van der Waals surface area contributed by atoms with Crippen molar-refractivity contribution in [2.75, 3.05) is 14.2 Å². The van der Waals surface area contributed by atoms with Gasteiger partial charge >= 0.3 is 12.1 Å². The number of hydrogen-bond acceptors (Lipinski definition) is 6. The first-order chi connectivity index (χ1) is 15.1. The molecule has 2 aromatic carbocycles. The van der Waals surface area contributed by atoms with Crippen LogP contribution in [0.3, 0.4) is 0 Å². The van der Waals surface area contributed by atoms with Crippen molar-refractivity contribution in [3.8, 4) is 11.5 Å². The van der Waals surface area contributed by atoms with E-state index in [1.54, 1.807) is 18.2 Å². The van der Waals surface area contributed by atoms with Crippen molar-refractivity contribution in [3.63, 3.8) is 0 Å². The molecule has 0 spiro atoms. The molecule has 6 nitrogen and oxygen atoms in total. The van der Waals surface area contributed by atoms with Gasteiger partial charge in [-0.2, -0.15) is 13.2 Å². The maximum atomic E-state index is 13.8. The second kappa shape index (κ2) is 9.02. The van der Waals surface area contributed by atoms with Crippen molar-refractivity contribution in [2.45, 2.75) is 38.3 Å². The van der Waals surface area contributed by atoms with E-state index in [0.717, 1.165) is 6.07 Å². The molecule has 0 aromatic heterocycles. The van der Waals surface area contributed by atoms with E-state index in [-0.39, 0.29) is 23.5 Å². The van der Waals surface area contributed by atoms with Crippen LogP contribution in [0.5, 0.6) is 11.5 Å². The van der Waals surface area contributed by atoms with E-state index >= 15 is 0 Å². The van der Waals surface area contributed by atoms with Crippen LogP contribution in [0.15, 0.2) is 48.9 Å². The van der Waals surface area contributed by atoms with Crippen LogP contribution in [-0.4, -0.2) is 20.2 Å². The van der Waals surface area contributed by atoms with Crippen molar-refractivity contribution in [1.82, 2.24) is 0 Å². The highest BCUT2D eigenvalue weighted by atomic mass is 19.4. The van der Waals surface area contributed by atoms with Gasteiger partial charge in [-0.1, -0.05) is 12.1 Å². The number of halogens is 3. The number of carbonyl (C=O) groups excluding carboxylic acids is 1. The van der Waals surface area contributed by atoms with Crippen LogP contribution in [0.1, 0.15) is 42.4 Å². The minimum absolute atomic E-state index is 0.0836.